The zero-order valence-corrected chi connectivity index (χ0v) is 13.6. The summed E-state index contributed by atoms with van der Waals surface area (Å²) in [6.07, 6.45) is 4.61. The normalized spacial score (nSPS) is 16.9. The van der Waals surface area contributed by atoms with Crippen molar-refractivity contribution in [1.29, 1.82) is 0 Å². The molecule has 1 aromatic heterocycles. The minimum Gasteiger partial charge on any atom is -0.319 e. The first-order valence-electron chi connectivity index (χ1n) is 6.91. The van der Waals surface area contributed by atoms with Crippen LogP contribution in [0.2, 0.25) is 0 Å². The van der Waals surface area contributed by atoms with Crippen molar-refractivity contribution in [2.75, 3.05) is 0 Å². The van der Waals surface area contributed by atoms with Gasteiger partial charge in [0.25, 0.3) is 0 Å². The second-order valence-electron chi connectivity index (χ2n) is 5.72. The third-order valence-electron chi connectivity index (χ3n) is 4.08. The van der Waals surface area contributed by atoms with Gasteiger partial charge < -0.3 is 5.73 Å². The summed E-state index contributed by atoms with van der Waals surface area (Å²) < 4.78 is 0. The molecule has 20 heavy (non-hydrogen) atoms. The summed E-state index contributed by atoms with van der Waals surface area (Å²) in [4.78, 5) is 4.82. The second-order valence-corrected chi connectivity index (χ2v) is 6.58. The van der Waals surface area contributed by atoms with Crippen molar-refractivity contribution < 1.29 is 0 Å². The quantitative estimate of drug-likeness (QED) is 0.882. The third kappa shape index (κ3) is 2.76. The number of hydrogen-bond acceptors (Lipinski definition) is 3. The Morgan fingerprint density at radius 3 is 2.55 bits per heavy atom. The Balaban J connectivity index is 0.00000147. The Morgan fingerprint density at radius 1 is 1.20 bits per heavy atom. The van der Waals surface area contributed by atoms with Crippen LogP contribution in [0, 0.1) is 13.8 Å². The van der Waals surface area contributed by atoms with Gasteiger partial charge in [0.1, 0.15) is 5.01 Å². The Labute approximate surface area is 130 Å². The number of halogens is 1. The van der Waals surface area contributed by atoms with Crippen molar-refractivity contribution in [3.8, 4) is 11.3 Å². The van der Waals surface area contributed by atoms with Crippen LogP contribution >= 0.6 is 23.7 Å². The highest BCUT2D eigenvalue weighted by Gasteiger charge is 2.34. The molecule has 0 amide bonds. The summed E-state index contributed by atoms with van der Waals surface area (Å²) in [6, 6.07) is 6.53. The van der Waals surface area contributed by atoms with E-state index < -0.39 is 0 Å². The first-order valence-corrected chi connectivity index (χ1v) is 7.79. The zero-order chi connectivity index (χ0) is 13.5. The van der Waals surface area contributed by atoms with Crippen molar-refractivity contribution in [3.63, 3.8) is 0 Å². The summed E-state index contributed by atoms with van der Waals surface area (Å²) in [5.41, 5.74) is 11.2. The van der Waals surface area contributed by atoms with Gasteiger partial charge in [0.15, 0.2) is 0 Å². The maximum Gasteiger partial charge on any atom is 0.113 e. The summed E-state index contributed by atoms with van der Waals surface area (Å²) >= 11 is 1.72. The lowest BCUT2D eigenvalue weighted by Crippen LogP contribution is -2.32. The van der Waals surface area contributed by atoms with E-state index in [0.29, 0.717) is 0 Å². The molecule has 1 aromatic carbocycles. The molecule has 1 aliphatic rings. The first-order chi connectivity index (χ1) is 9.08. The van der Waals surface area contributed by atoms with Crippen molar-refractivity contribution in [3.05, 3.63) is 39.7 Å². The van der Waals surface area contributed by atoms with Gasteiger partial charge in [0.2, 0.25) is 0 Å². The Morgan fingerprint density at radius 2 is 1.90 bits per heavy atom. The van der Waals surface area contributed by atoms with Gasteiger partial charge in [-0.15, -0.1) is 23.7 Å². The van der Waals surface area contributed by atoms with E-state index >= 15 is 0 Å². The Hall–Kier alpha value is -0.900. The largest absolute Gasteiger partial charge is 0.319 e. The van der Waals surface area contributed by atoms with Crippen molar-refractivity contribution >= 4 is 23.7 Å². The molecule has 0 bridgehead atoms. The van der Waals surface area contributed by atoms with Gasteiger partial charge in [-0.05, 0) is 32.3 Å². The molecule has 0 radical (unpaired) electrons. The van der Waals surface area contributed by atoms with Gasteiger partial charge in [-0.2, -0.15) is 0 Å². The zero-order valence-electron chi connectivity index (χ0n) is 12.0. The second kappa shape index (κ2) is 5.84. The summed E-state index contributed by atoms with van der Waals surface area (Å²) in [5.74, 6) is 0. The molecular weight excluding hydrogens is 288 g/mol. The number of benzene rings is 1. The smallest absolute Gasteiger partial charge is 0.113 e. The summed E-state index contributed by atoms with van der Waals surface area (Å²) in [6.45, 7) is 4.27. The standard InChI is InChI=1S/C16H20N2S.ClH/c1-11-5-6-13(12(2)9-11)14-10-19-15(18-14)16(17)7-3-4-8-16;/h5-6,9-10H,3-4,7-8,17H2,1-2H3;1H. The van der Waals surface area contributed by atoms with Gasteiger partial charge in [-0.25, -0.2) is 4.98 Å². The molecule has 1 heterocycles. The highest BCUT2D eigenvalue weighted by atomic mass is 35.5. The van der Waals surface area contributed by atoms with Crippen molar-refractivity contribution in [1.82, 2.24) is 4.98 Å². The molecule has 0 saturated heterocycles. The molecule has 0 atom stereocenters. The van der Waals surface area contributed by atoms with E-state index in [2.05, 4.69) is 37.4 Å². The van der Waals surface area contributed by atoms with Gasteiger partial charge in [-0.3, -0.25) is 0 Å². The summed E-state index contributed by atoms with van der Waals surface area (Å²) in [7, 11) is 0. The van der Waals surface area contributed by atoms with E-state index in [4.69, 9.17) is 10.7 Å². The van der Waals surface area contributed by atoms with Crippen LogP contribution in [0.4, 0.5) is 0 Å². The minimum absolute atomic E-state index is 0. The number of hydrogen-bond donors (Lipinski definition) is 1. The fourth-order valence-corrected chi connectivity index (χ4v) is 3.94. The van der Waals surface area contributed by atoms with E-state index in [1.54, 1.807) is 11.3 Å². The van der Waals surface area contributed by atoms with Crippen molar-refractivity contribution in [2.24, 2.45) is 5.73 Å². The van der Waals surface area contributed by atoms with Crippen LogP contribution < -0.4 is 5.73 Å². The minimum atomic E-state index is -0.165. The predicted octanol–water partition coefficient (Wildman–Crippen LogP) is 4.58. The van der Waals surface area contributed by atoms with Crippen LogP contribution in [0.1, 0.15) is 41.8 Å². The fourth-order valence-electron chi connectivity index (χ4n) is 2.95. The van der Waals surface area contributed by atoms with Crippen LogP contribution in [0.15, 0.2) is 23.6 Å². The summed E-state index contributed by atoms with van der Waals surface area (Å²) in [5, 5.41) is 3.26. The highest BCUT2D eigenvalue weighted by molar-refractivity contribution is 7.10. The molecular formula is C16H21ClN2S. The highest BCUT2D eigenvalue weighted by Crippen LogP contribution is 2.39. The topological polar surface area (TPSA) is 38.9 Å². The van der Waals surface area contributed by atoms with Crippen molar-refractivity contribution in [2.45, 2.75) is 45.1 Å². The molecule has 4 heteroatoms. The van der Waals surface area contributed by atoms with Gasteiger partial charge >= 0.3 is 0 Å². The molecule has 0 aliphatic heterocycles. The molecule has 1 saturated carbocycles. The molecule has 3 rings (SSSR count). The lowest BCUT2D eigenvalue weighted by Gasteiger charge is -2.19. The number of aromatic nitrogens is 1. The van der Waals surface area contributed by atoms with Crippen LogP contribution in [-0.2, 0) is 5.54 Å². The maximum atomic E-state index is 6.48. The number of nitrogens with two attached hydrogens (primary N) is 1. The monoisotopic (exact) mass is 308 g/mol. The number of aryl methyl sites for hydroxylation is 2. The maximum absolute atomic E-state index is 6.48. The van der Waals surface area contributed by atoms with Crippen LogP contribution in [0.25, 0.3) is 11.3 Å². The third-order valence-corrected chi connectivity index (χ3v) is 5.15. The molecule has 2 N–H and O–H groups in total. The number of rotatable bonds is 2. The SMILES string of the molecule is Cc1ccc(-c2csc(C3(N)CCCC3)n2)c(C)c1.Cl. The molecule has 1 aliphatic carbocycles. The van der Waals surface area contributed by atoms with E-state index in [9.17, 15) is 0 Å². The molecule has 1 fully saturated rings. The molecule has 108 valence electrons. The number of thiazole rings is 1. The van der Waals surface area contributed by atoms with E-state index in [0.717, 1.165) is 23.5 Å². The first kappa shape index (κ1) is 15.5. The average molecular weight is 309 g/mol. The number of nitrogens with zero attached hydrogens (tertiary/aromatic N) is 1. The molecule has 0 unspecified atom stereocenters. The van der Waals surface area contributed by atoms with Crippen LogP contribution in [-0.4, -0.2) is 4.98 Å². The van der Waals surface area contributed by atoms with Crippen LogP contribution in [0.5, 0.6) is 0 Å². The van der Waals surface area contributed by atoms with E-state index in [-0.39, 0.29) is 17.9 Å². The van der Waals surface area contributed by atoms with E-state index in [1.807, 2.05) is 0 Å². The molecule has 2 aromatic rings. The van der Waals surface area contributed by atoms with Gasteiger partial charge in [0.05, 0.1) is 11.2 Å². The van der Waals surface area contributed by atoms with E-state index in [1.165, 1.54) is 29.5 Å². The fraction of sp³-hybridized carbons (Fsp3) is 0.438. The van der Waals surface area contributed by atoms with Crippen LogP contribution in [0.3, 0.4) is 0 Å². The van der Waals surface area contributed by atoms with Gasteiger partial charge in [0, 0.05) is 10.9 Å². The molecule has 0 spiro atoms. The van der Waals surface area contributed by atoms with Gasteiger partial charge in [-0.1, -0.05) is 36.6 Å². The lowest BCUT2D eigenvalue weighted by atomic mass is 10.00. The Kier molecular flexibility index (Phi) is 4.52. The average Bonchev–Trinajstić information content (AvgIpc) is 2.99. The lowest BCUT2D eigenvalue weighted by molar-refractivity contribution is 0.459. The predicted molar refractivity (Wildman–Crippen MR) is 88.6 cm³/mol. The molecule has 2 nitrogen and oxygen atoms in total. The Bertz CT molecular complexity index is 600.